The fourth-order valence-electron chi connectivity index (χ4n) is 2.48. The number of carbonyl (C=O) groups is 1. The van der Waals surface area contributed by atoms with Gasteiger partial charge in [-0.25, -0.2) is 8.42 Å². The number of carbonyl (C=O) groups excluding carboxylic acids is 1. The van der Waals surface area contributed by atoms with Crippen molar-refractivity contribution >= 4 is 33.4 Å². The van der Waals surface area contributed by atoms with Crippen LogP contribution in [0.25, 0.3) is 0 Å². The lowest BCUT2D eigenvalue weighted by Crippen LogP contribution is -2.44. The number of nitrogens with zero attached hydrogens (tertiary/aromatic N) is 2. The molecule has 1 heterocycles. The van der Waals surface area contributed by atoms with Crippen molar-refractivity contribution in [3.8, 4) is 6.07 Å². The average Bonchev–Trinajstić information content (AvgIpc) is 3.13. The van der Waals surface area contributed by atoms with E-state index in [1.807, 2.05) is 12.1 Å². The molecule has 25 heavy (non-hydrogen) atoms. The van der Waals surface area contributed by atoms with Gasteiger partial charge in [0.15, 0.2) is 0 Å². The molecule has 128 valence electrons. The lowest BCUT2D eigenvalue weighted by Gasteiger charge is -2.22. The first kappa shape index (κ1) is 17.5. The number of benzene rings is 2. The molecule has 8 heteroatoms. The summed E-state index contributed by atoms with van der Waals surface area (Å²) < 4.78 is 27.0. The van der Waals surface area contributed by atoms with Gasteiger partial charge >= 0.3 is 0 Å². The van der Waals surface area contributed by atoms with Gasteiger partial charge in [-0.2, -0.15) is 9.57 Å². The minimum Gasteiger partial charge on any atom is -0.325 e. The first-order valence-corrected chi connectivity index (χ1v) is 10.1. The van der Waals surface area contributed by atoms with Crippen molar-refractivity contribution in [1.82, 2.24) is 4.31 Å². The Kier molecular flexibility index (Phi) is 5.08. The Hall–Kier alpha value is -2.34. The number of para-hydroxylation sites is 1. The normalized spacial score (nSPS) is 17.8. The SMILES string of the molecule is N#Cc1cccc(S(=O)(=O)N2CSC[C@H]2C(=O)Nc2ccccc2)c1. The van der Waals surface area contributed by atoms with E-state index in [1.165, 1.54) is 40.3 Å². The second-order valence-electron chi connectivity index (χ2n) is 5.40. The van der Waals surface area contributed by atoms with E-state index in [0.29, 0.717) is 11.4 Å². The Labute approximate surface area is 150 Å². The van der Waals surface area contributed by atoms with Crippen LogP contribution >= 0.6 is 11.8 Å². The molecule has 0 saturated carbocycles. The molecule has 0 aliphatic carbocycles. The van der Waals surface area contributed by atoms with E-state index in [4.69, 9.17) is 5.26 Å². The van der Waals surface area contributed by atoms with Gasteiger partial charge in [-0.1, -0.05) is 24.3 Å². The highest BCUT2D eigenvalue weighted by Crippen LogP contribution is 2.29. The molecule has 0 radical (unpaired) electrons. The van der Waals surface area contributed by atoms with E-state index in [2.05, 4.69) is 5.32 Å². The van der Waals surface area contributed by atoms with Crippen molar-refractivity contribution in [2.45, 2.75) is 10.9 Å². The lowest BCUT2D eigenvalue weighted by atomic mass is 10.2. The quantitative estimate of drug-likeness (QED) is 0.888. The van der Waals surface area contributed by atoms with Crippen molar-refractivity contribution in [2.24, 2.45) is 0 Å². The summed E-state index contributed by atoms with van der Waals surface area (Å²) in [4.78, 5) is 12.6. The molecule has 0 bridgehead atoms. The molecule has 2 aromatic rings. The van der Waals surface area contributed by atoms with Crippen LogP contribution < -0.4 is 5.32 Å². The third-order valence-corrected chi connectivity index (χ3v) is 6.78. The van der Waals surface area contributed by atoms with Gasteiger partial charge in [0.1, 0.15) is 6.04 Å². The van der Waals surface area contributed by atoms with Crippen LogP contribution in [0.1, 0.15) is 5.56 Å². The van der Waals surface area contributed by atoms with Crippen LogP contribution in [0.15, 0.2) is 59.5 Å². The number of nitrogens with one attached hydrogen (secondary N) is 1. The number of nitriles is 1. The summed E-state index contributed by atoms with van der Waals surface area (Å²) in [5.74, 6) is 0.221. The molecule has 1 amide bonds. The minimum absolute atomic E-state index is 0.0200. The first-order chi connectivity index (χ1) is 12.0. The van der Waals surface area contributed by atoms with E-state index in [1.54, 1.807) is 24.3 Å². The Morgan fingerprint density at radius 2 is 1.96 bits per heavy atom. The van der Waals surface area contributed by atoms with Crippen LogP contribution in [0.4, 0.5) is 5.69 Å². The van der Waals surface area contributed by atoms with Gasteiger partial charge in [0.25, 0.3) is 0 Å². The number of hydrogen-bond donors (Lipinski definition) is 1. The molecule has 0 spiro atoms. The fraction of sp³-hybridized carbons (Fsp3) is 0.176. The van der Waals surface area contributed by atoms with Gasteiger partial charge in [-0.15, -0.1) is 11.8 Å². The van der Waals surface area contributed by atoms with Gasteiger partial charge in [0.2, 0.25) is 15.9 Å². The highest BCUT2D eigenvalue weighted by atomic mass is 32.2. The first-order valence-electron chi connectivity index (χ1n) is 7.48. The molecule has 1 fully saturated rings. The molecule has 0 aromatic heterocycles. The molecule has 3 rings (SSSR count). The van der Waals surface area contributed by atoms with Gasteiger partial charge < -0.3 is 5.32 Å². The third kappa shape index (κ3) is 3.69. The number of thioether (sulfide) groups is 1. The molecule has 6 nitrogen and oxygen atoms in total. The van der Waals surface area contributed by atoms with Crippen LogP contribution in [0.2, 0.25) is 0 Å². The Balaban J connectivity index is 1.85. The van der Waals surface area contributed by atoms with Crippen molar-refractivity contribution in [3.05, 3.63) is 60.2 Å². The zero-order valence-electron chi connectivity index (χ0n) is 13.1. The van der Waals surface area contributed by atoms with Crippen molar-refractivity contribution in [1.29, 1.82) is 5.26 Å². The topological polar surface area (TPSA) is 90.3 Å². The number of sulfonamides is 1. The summed E-state index contributed by atoms with van der Waals surface area (Å²) >= 11 is 1.38. The van der Waals surface area contributed by atoms with E-state index < -0.39 is 16.1 Å². The zero-order chi connectivity index (χ0) is 17.9. The number of rotatable bonds is 4. The van der Waals surface area contributed by atoms with E-state index in [9.17, 15) is 13.2 Å². The number of hydrogen-bond acceptors (Lipinski definition) is 5. The second-order valence-corrected chi connectivity index (χ2v) is 8.29. The Morgan fingerprint density at radius 1 is 1.20 bits per heavy atom. The molecule has 1 aliphatic heterocycles. The van der Waals surface area contributed by atoms with Crippen LogP contribution in [0.3, 0.4) is 0 Å². The molecule has 1 saturated heterocycles. The number of amides is 1. The summed E-state index contributed by atoms with van der Waals surface area (Å²) in [5, 5.41) is 11.7. The summed E-state index contributed by atoms with van der Waals surface area (Å²) in [7, 11) is -3.86. The van der Waals surface area contributed by atoms with E-state index in [0.717, 1.165) is 0 Å². The maximum atomic E-state index is 12.9. The zero-order valence-corrected chi connectivity index (χ0v) is 14.8. The Bertz CT molecular complexity index is 924. The predicted octanol–water partition coefficient (Wildman–Crippen LogP) is 2.26. The van der Waals surface area contributed by atoms with Crippen molar-refractivity contribution in [3.63, 3.8) is 0 Å². The minimum atomic E-state index is -3.86. The van der Waals surface area contributed by atoms with Gasteiger partial charge in [0.05, 0.1) is 22.4 Å². The molecular weight excluding hydrogens is 358 g/mol. The molecule has 2 aromatic carbocycles. The predicted molar refractivity (Wildman–Crippen MR) is 96.4 cm³/mol. The second kappa shape index (κ2) is 7.27. The average molecular weight is 373 g/mol. The summed E-state index contributed by atoms with van der Waals surface area (Å²) in [6, 6.07) is 15.9. The van der Waals surface area contributed by atoms with Crippen molar-refractivity contribution in [2.75, 3.05) is 16.9 Å². The van der Waals surface area contributed by atoms with Crippen LogP contribution in [0.5, 0.6) is 0 Å². The molecular formula is C17H15N3O3S2. The van der Waals surface area contributed by atoms with Crippen molar-refractivity contribution < 1.29 is 13.2 Å². The van der Waals surface area contributed by atoms with Gasteiger partial charge in [-0.05, 0) is 30.3 Å². The van der Waals surface area contributed by atoms with Crippen LogP contribution in [0, 0.1) is 11.3 Å². The maximum absolute atomic E-state index is 12.9. The molecule has 0 unspecified atom stereocenters. The monoisotopic (exact) mass is 373 g/mol. The largest absolute Gasteiger partial charge is 0.325 e. The summed E-state index contributed by atoms with van der Waals surface area (Å²) in [6.07, 6.45) is 0. The van der Waals surface area contributed by atoms with Crippen LogP contribution in [-0.4, -0.2) is 36.3 Å². The highest BCUT2D eigenvalue weighted by molar-refractivity contribution is 8.00. The fourth-order valence-corrected chi connectivity index (χ4v) is 5.67. The van der Waals surface area contributed by atoms with E-state index >= 15 is 0 Å². The highest BCUT2D eigenvalue weighted by Gasteiger charge is 2.40. The Morgan fingerprint density at radius 3 is 2.68 bits per heavy atom. The molecule has 1 N–H and O–H groups in total. The lowest BCUT2D eigenvalue weighted by molar-refractivity contribution is -0.118. The summed E-state index contributed by atoms with van der Waals surface area (Å²) in [5.41, 5.74) is 0.881. The van der Waals surface area contributed by atoms with Gasteiger partial charge in [-0.3, -0.25) is 4.79 Å². The standard InChI is InChI=1S/C17H15N3O3S2/c18-10-13-5-4-8-15(9-13)25(22,23)20-12-24-11-16(20)17(21)19-14-6-2-1-3-7-14/h1-9,16H,11-12H2,(H,19,21)/t16-/m0/s1. The van der Waals surface area contributed by atoms with E-state index in [-0.39, 0.29) is 22.2 Å². The summed E-state index contributed by atoms with van der Waals surface area (Å²) in [6.45, 7) is 0. The van der Waals surface area contributed by atoms with Crippen LogP contribution in [-0.2, 0) is 14.8 Å². The molecule has 1 aliphatic rings. The maximum Gasteiger partial charge on any atom is 0.244 e. The van der Waals surface area contributed by atoms with Gasteiger partial charge in [0, 0.05) is 11.4 Å². The third-order valence-electron chi connectivity index (χ3n) is 3.76. The smallest absolute Gasteiger partial charge is 0.244 e. The number of anilines is 1. The molecule has 1 atom stereocenters.